The number of esters is 1. The van der Waals surface area contributed by atoms with Gasteiger partial charge < -0.3 is 25.4 Å². The van der Waals surface area contributed by atoms with E-state index in [2.05, 4.69) is 25.7 Å². The van der Waals surface area contributed by atoms with Crippen molar-refractivity contribution in [2.45, 2.75) is 52.7 Å². The molecule has 29 heavy (non-hydrogen) atoms. The van der Waals surface area contributed by atoms with E-state index in [0.717, 1.165) is 11.4 Å². The number of nitrogens with zero attached hydrogens (tertiary/aromatic N) is 1. The number of anilines is 1. The molecule has 0 saturated heterocycles. The Kier molecular flexibility index (Phi) is 12.3. The number of carbonyl (C=O) groups excluding carboxylic acids is 2. The van der Waals surface area contributed by atoms with Gasteiger partial charge in [-0.3, -0.25) is 9.59 Å². The van der Waals surface area contributed by atoms with Crippen LogP contribution >= 0.6 is 24.0 Å². The van der Waals surface area contributed by atoms with E-state index in [1.165, 1.54) is 7.11 Å². The van der Waals surface area contributed by atoms with E-state index >= 15 is 0 Å². The Morgan fingerprint density at radius 3 is 2.28 bits per heavy atom. The second kappa shape index (κ2) is 13.2. The Morgan fingerprint density at radius 1 is 1.14 bits per heavy atom. The summed E-state index contributed by atoms with van der Waals surface area (Å²) in [5, 5.41) is 9.00. The van der Waals surface area contributed by atoms with E-state index in [-0.39, 0.29) is 60.5 Å². The predicted molar refractivity (Wildman–Crippen MR) is 126 cm³/mol. The second-order valence-electron chi connectivity index (χ2n) is 7.53. The van der Waals surface area contributed by atoms with Crippen molar-refractivity contribution in [3.63, 3.8) is 0 Å². The largest absolute Gasteiger partial charge is 0.491 e. The van der Waals surface area contributed by atoms with Gasteiger partial charge in [0.05, 0.1) is 19.6 Å². The highest BCUT2D eigenvalue weighted by atomic mass is 127. The molecule has 0 spiro atoms. The SMILES string of the molecule is COC(=O)CCNC(=NCC(=O)NC(C)(C)C)Nc1ccc(OC(C)C)cc1.I. The Morgan fingerprint density at radius 2 is 1.76 bits per heavy atom. The summed E-state index contributed by atoms with van der Waals surface area (Å²) in [7, 11) is 1.34. The van der Waals surface area contributed by atoms with Gasteiger partial charge >= 0.3 is 5.97 Å². The van der Waals surface area contributed by atoms with E-state index in [1.54, 1.807) is 0 Å². The number of halogens is 1. The van der Waals surface area contributed by atoms with Gasteiger partial charge in [-0.15, -0.1) is 24.0 Å². The summed E-state index contributed by atoms with van der Waals surface area (Å²) in [6.45, 7) is 9.93. The fourth-order valence-corrected chi connectivity index (χ4v) is 2.16. The van der Waals surface area contributed by atoms with Gasteiger partial charge in [-0.2, -0.15) is 0 Å². The highest BCUT2D eigenvalue weighted by Crippen LogP contribution is 2.16. The molecule has 164 valence electrons. The molecule has 8 nitrogen and oxygen atoms in total. The number of ether oxygens (including phenoxy) is 2. The predicted octanol–water partition coefficient (Wildman–Crippen LogP) is 2.93. The summed E-state index contributed by atoms with van der Waals surface area (Å²) in [6.07, 6.45) is 0.282. The standard InChI is InChI=1S/C20H32N4O4.HI/c1-14(2)28-16-9-7-15(8-10-16)23-19(21-12-11-18(26)27-6)22-13-17(25)24-20(3,4)5;/h7-10,14H,11-13H2,1-6H3,(H,24,25)(H2,21,22,23);1H. The molecule has 0 radical (unpaired) electrons. The van der Waals surface area contributed by atoms with Crippen LogP contribution in [-0.4, -0.2) is 49.7 Å². The Hall–Kier alpha value is -2.04. The van der Waals surface area contributed by atoms with Crippen LogP contribution in [-0.2, 0) is 14.3 Å². The van der Waals surface area contributed by atoms with Crippen LogP contribution in [0.2, 0.25) is 0 Å². The number of methoxy groups -OCH3 is 1. The summed E-state index contributed by atoms with van der Waals surface area (Å²) in [4.78, 5) is 27.6. The molecule has 1 amide bonds. The maximum Gasteiger partial charge on any atom is 0.307 e. The third-order valence-corrected chi connectivity index (χ3v) is 3.23. The fraction of sp³-hybridized carbons (Fsp3) is 0.550. The first-order valence-corrected chi connectivity index (χ1v) is 9.29. The van der Waals surface area contributed by atoms with E-state index < -0.39 is 0 Å². The highest BCUT2D eigenvalue weighted by molar-refractivity contribution is 14.0. The second-order valence-corrected chi connectivity index (χ2v) is 7.53. The van der Waals surface area contributed by atoms with Crippen LogP contribution in [0.15, 0.2) is 29.3 Å². The molecular formula is C20H33IN4O4. The highest BCUT2D eigenvalue weighted by Gasteiger charge is 2.13. The molecule has 9 heteroatoms. The van der Waals surface area contributed by atoms with Gasteiger partial charge in [0.25, 0.3) is 0 Å². The van der Waals surface area contributed by atoms with Crippen LogP contribution in [0.25, 0.3) is 0 Å². The minimum absolute atomic E-state index is 0. The van der Waals surface area contributed by atoms with Gasteiger partial charge in [-0.1, -0.05) is 0 Å². The molecule has 0 fully saturated rings. The summed E-state index contributed by atoms with van der Waals surface area (Å²) < 4.78 is 10.3. The maximum atomic E-state index is 12.0. The summed E-state index contributed by atoms with van der Waals surface area (Å²) in [6, 6.07) is 7.40. The number of nitrogens with one attached hydrogen (secondary N) is 3. The van der Waals surface area contributed by atoms with E-state index in [1.807, 2.05) is 58.9 Å². The molecule has 1 aromatic rings. The Labute approximate surface area is 190 Å². The van der Waals surface area contributed by atoms with E-state index in [0.29, 0.717) is 12.5 Å². The van der Waals surface area contributed by atoms with Gasteiger partial charge in [-0.05, 0) is 58.9 Å². The van der Waals surface area contributed by atoms with Crippen molar-refractivity contribution >= 4 is 47.5 Å². The fourth-order valence-electron chi connectivity index (χ4n) is 2.16. The van der Waals surface area contributed by atoms with Crippen molar-refractivity contribution < 1.29 is 19.1 Å². The number of carbonyl (C=O) groups is 2. The van der Waals surface area contributed by atoms with Crippen LogP contribution in [0.1, 0.15) is 41.0 Å². The van der Waals surface area contributed by atoms with Crippen LogP contribution in [0, 0.1) is 0 Å². The quantitative estimate of drug-likeness (QED) is 0.211. The lowest BCUT2D eigenvalue weighted by atomic mass is 10.1. The molecule has 0 heterocycles. The van der Waals surface area contributed by atoms with Crippen LogP contribution in [0.3, 0.4) is 0 Å². The molecule has 0 aliphatic heterocycles. The van der Waals surface area contributed by atoms with Crippen molar-refractivity contribution in [1.29, 1.82) is 0 Å². The third-order valence-electron chi connectivity index (χ3n) is 3.23. The number of benzene rings is 1. The first-order valence-electron chi connectivity index (χ1n) is 9.29. The topological polar surface area (TPSA) is 101 Å². The lowest BCUT2D eigenvalue weighted by Crippen LogP contribution is -2.42. The molecule has 1 aromatic carbocycles. The van der Waals surface area contributed by atoms with Crippen molar-refractivity contribution in [1.82, 2.24) is 10.6 Å². The molecule has 0 saturated carbocycles. The van der Waals surface area contributed by atoms with Gasteiger partial charge in [0.1, 0.15) is 12.3 Å². The van der Waals surface area contributed by atoms with Gasteiger partial charge in [-0.25, -0.2) is 4.99 Å². The van der Waals surface area contributed by atoms with Crippen molar-refractivity contribution in [2.24, 2.45) is 4.99 Å². The maximum absolute atomic E-state index is 12.0. The Bertz CT molecular complexity index is 670. The normalized spacial score (nSPS) is 11.3. The van der Waals surface area contributed by atoms with Gasteiger partial charge in [0.15, 0.2) is 5.96 Å². The first-order chi connectivity index (χ1) is 13.1. The monoisotopic (exact) mass is 520 g/mol. The third kappa shape index (κ3) is 12.9. The van der Waals surface area contributed by atoms with Gasteiger partial charge in [0, 0.05) is 17.8 Å². The number of hydrogen-bond donors (Lipinski definition) is 3. The summed E-state index contributed by atoms with van der Waals surface area (Å²) in [5.74, 6) is 0.641. The molecule has 0 atom stereocenters. The number of amides is 1. The molecular weight excluding hydrogens is 487 g/mol. The molecule has 1 rings (SSSR count). The van der Waals surface area contributed by atoms with E-state index in [4.69, 9.17) is 4.74 Å². The van der Waals surface area contributed by atoms with Gasteiger partial charge in [0.2, 0.25) is 5.91 Å². The van der Waals surface area contributed by atoms with Crippen LogP contribution < -0.4 is 20.7 Å². The molecule has 0 unspecified atom stereocenters. The minimum atomic E-state index is -0.329. The number of hydrogen-bond acceptors (Lipinski definition) is 5. The zero-order valence-electron chi connectivity index (χ0n) is 18.0. The smallest absolute Gasteiger partial charge is 0.307 e. The zero-order valence-corrected chi connectivity index (χ0v) is 20.3. The lowest BCUT2D eigenvalue weighted by molar-refractivity contribution is -0.140. The van der Waals surface area contributed by atoms with Crippen LogP contribution in [0.4, 0.5) is 5.69 Å². The average Bonchev–Trinajstić information content (AvgIpc) is 2.59. The molecule has 0 aromatic heterocycles. The summed E-state index contributed by atoms with van der Waals surface area (Å²) in [5.41, 5.74) is 0.446. The molecule has 0 aliphatic carbocycles. The minimum Gasteiger partial charge on any atom is -0.491 e. The Balaban J connectivity index is 0.00000784. The van der Waals surface area contributed by atoms with Crippen molar-refractivity contribution in [3.05, 3.63) is 24.3 Å². The summed E-state index contributed by atoms with van der Waals surface area (Å²) >= 11 is 0. The number of guanidine groups is 1. The zero-order chi connectivity index (χ0) is 21.2. The van der Waals surface area contributed by atoms with Crippen molar-refractivity contribution in [2.75, 3.05) is 25.5 Å². The van der Waals surface area contributed by atoms with E-state index in [9.17, 15) is 9.59 Å². The number of rotatable bonds is 8. The van der Waals surface area contributed by atoms with Crippen molar-refractivity contribution in [3.8, 4) is 5.75 Å². The molecule has 0 bridgehead atoms. The average molecular weight is 520 g/mol. The lowest BCUT2D eigenvalue weighted by Gasteiger charge is -2.20. The molecule has 3 N–H and O–H groups in total. The van der Waals surface area contributed by atoms with Crippen LogP contribution in [0.5, 0.6) is 5.75 Å². The first kappa shape index (κ1) is 27.0. The number of aliphatic imine (C=N–C) groups is 1. The molecule has 0 aliphatic rings.